The van der Waals surface area contributed by atoms with E-state index in [9.17, 15) is 13.6 Å². The van der Waals surface area contributed by atoms with Crippen LogP contribution in [-0.2, 0) is 12.8 Å². The fourth-order valence-electron chi connectivity index (χ4n) is 4.71. The van der Waals surface area contributed by atoms with Gasteiger partial charge < -0.3 is 9.80 Å². The smallest absolute Gasteiger partial charge is 0.274 e. The molecule has 1 amide bonds. The van der Waals surface area contributed by atoms with Gasteiger partial charge in [0.15, 0.2) is 17.3 Å². The van der Waals surface area contributed by atoms with Crippen molar-refractivity contribution in [1.29, 1.82) is 5.26 Å². The van der Waals surface area contributed by atoms with Gasteiger partial charge in [-0.1, -0.05) is 0 Å². The van der Waals surface area contributed by atoms with E-state index < -0.39 is 11.6 Å². The lowest BCUT2D eigenvalue weighted by molar-refractivity contribution is 0.0759. The van der Waals surface area contributed by atoms with Crippen LogP contribution in [0.25, 0.3) is 5.69 Å². The molecule has 2 aliphatic rings. The van der Waals surface area contributed by atoms with Crippen molar-refractivity contribution < 1.29 is 13.6 Å². The van der Waals surface area contributed by atoms with E-state index in [1.807, 2.05) is 17.0 Å². The minimum Gasteiger partial charge on any atom is -0.370 e. The highest BCUT2D eigenvalue weighted by Gasteiger charge is 2.30. The minimum absolute atomic E-state index is 0.115. The second-order valence-electron chi connectivity index (χ2n) is 8.43. The molecule has 6 nitrogen and oxygen atoms in total. The molecule has 0 saturated carbocycles. The summed E-state index contributed by atoms with van der Waals surface area (Å²) in [5.74, 6) is -1.95. The molecule has 0 bridgehead atoms. The average Bonchev–Trinajstić information content (AvgIpc) is 3.36. The summed E-state index contributed by atoms with van der Waals surface area (Å²) in [4.78, 5) is 17.5. The molecular weight excluding hydrogens is 424 g/mol. The fourth-order valence-corrected chi connectivity index (χ4v) is 4.71. The number of anilines is 1. The number of fused-ring (bicyclic) bond motifs is 1. The Labute approximate surface area is 190 Å². The summed E-state index contributed by atoms with van der Waals surface area (Å²) in [5.41, 5.74) is 4.31. The number of amides is 1. The number of aromatic nitrogens is 2. The van der Waals surface area contributed by atoms with Gasteiger partial charge in [0.25, 0.3) is 5.91 Å². The van der Waals surface area contributed by atoms with Gasteiger partial charge >= 0.3 is 0 Å². The average molecular weight is 447 g/mol. The van der Waals surface area contributed by atoms with Gasteiger partial charge in [0.1, 0.15) is 0 Å². The van der Waals surface area contributed by atoms with Crippen LogP contribution in [0.2, 0.25) is 0 Å². The van der Waals surface area contributed by atoms with Crippen LogP contribution < -0.4 is 4.90 Å². The van der Waals surface area contributed by atoms with Gasteiger partial charge in [-0.2, -0.15) is 10.4 Å². The Bertz CT molecular complexity index is 1240. The van der Waals surface area contributed by atoms with Gasteiger partial charge in [-0.25, -0.2) is 13.5 Å². The topological polar surface area (TPSA) is 65.2 Å². The highest BCUT2D eigenvalue weighted by Crippen LogP contribution is 2.29. The highest BCUT2D eigenvalue weighted by atomic mass is 19.2. The number of carbonyl (C=O) groups is 1. The molecule has 1 aliphatic carbocycles. The van der Waals surface area contributed by atoms with Crippen LogP contribution in [-0.4, -0.2) is 46.8 Å². The van der Waals surface area contributed by atoms with Gasteiger partial charge in [0, 0.05) is 49.2 Å². The monoisotopic (exact) mass is 447 g/mol. The van der Waals surface area contributed by atoms with Gasteiger partial charge in [-0.3, -0.25) is 4.79 Å². The van der Waals surface area contributed by atoms with Crippen LogP contribution in [0.5, 0.6) is 0 Å². The Hall–Kier alpha value is -3.73. The van der Waals surface area contributed by atoms with E-state index in [-0.39, 0.29) is 5.91 Å². The van der Waals surface area contributed by atoms with Crippen LogP contribution >= 0.6 is 0 Å². The Balaban J connectivity index is 1.37. The molecule has 33 heavy (non-hydrogen) atoms. The van der Waals surface area contributed by atoms with E-state index in [0.717, 1.165) is 61.3 Å². The molecule has 0 spiro atoms. The molecular formula is C25H23F2N5O. The molecule has 0 unspecified atom stereocenters. The lowest BCUT2D eigenvalue weighted by atomic mass is 10.2. The van der Waals surface area contributed by atoms with E-state index >= 15 is 0 Å². The van der Waals surface area contributed by atoms with Crippen LogP contribution in [0.4, 0.5) is 14.5 Å². The van der Waals surface area contributed by atoms with Crippen molar-refractivity contribution in [1.82, 2.24) is 14.7 Å². The van der Waals surface area contributed by atoms with Crippen molar-refractivity contribution in [2.75, 3.05) is 31.1 Å². The molecule has 2 aromatic carbocycles. The fraction of sp³-hybridized carbons (Fsp3) is 0.320. The molecule has 1 aliphatic heterocycles. The summed E-state index contributed by atoms with van der Waals surface area (Å²) >= 11 is 0. The molecule has 0 radical (unpaired) electrons. The first-order valence-corrected chi connectivity index (χ1v) is 11.2. The minimum atomic E-state index is -0.932. The third kappa shape index (κ3) is 3.95. The second kappa shape index (κ2) is 8.66. The maximum Gasteiger partial charge on any atom is 0.274 e. The molecule has 168 valence electrons. The zero-order valence-electron chi connectivity index (χ0n) is 18.1. The number of carbonyl (C=O) groups excluding carboxylic acids is 1. The Morgan fingerprint density at radius 2 is 1.70 bits per heavy atom. The van der Waals surface area contributed by atoms with Crippen molar-refractivity contribution in [2.24, 2.45) is 0 Å². The Kier molecular flexibility index (Phi) is 5.55. The van der Waals surface area contributed by atoms with Crippen molar-refractivity contribution in [2.45, 2.75) is 25.7 Å². The van der Waals surface area contributed by atoms with Crippen LogP contribution in [0.3, 0.4) is 0 Å². The first-order chi connectivity index (χ1) is 16.0. The lowest BCUT2D eigenvalue weighted by Gasteiger charge is -2.23. The van der Waals surface area contributed by atoms with E-state index in [1.54, 1.807) is 16.8 Å². The predicted octanol–water partition coefficient (Wildman–Crippen LogP) is 3.86. The first kappa shape index (κ1) is 21.1. The number of benzene rings is 2. The zero-order chi connectivity index (χ0) is 22.9. The quantitative estimate of drug-likeness (QED) is 0.612. The molecule has 1 saturated heterocycles. The van der Waals surface area contributed by atoms with Crippen molar-refractivity contribution >= 4 is 11.6 Å². The number of rotatable bonds is 3. The molecule has 0 N–H and O–H groups in total. The number of nitriles is 1. The van der Waals surface area contributed by atoms with Crippen molar-refractivity contribution in [3.05, 3.63) is 76.6 Å². The zero-order valence-corrected chi connectivity index (χ0v) is 18.1. The Morgan fingerprint density at radius 1 is 0.909 bits per heavy atom. The van der Waals surface area contributed by atoms with Crippen molar-refractivity contribution in [3.63, 3.8) is 0 Å². The van der Waals surface area contributed by atoms with Crippen LogP contribution in [0.15, 0.2) is 42.5 Å². The molecule has 5 rings (SSSR count). The summed E-state index contributed by atoms with van der Waals surface area (Å²) in [5, 5.41) is 13.6. The number of hydrogen-bond acceptors (Lipinski definition) is 4. The second-order valence-corrected chi connectivity index (χ2v) is 8.43. The largest absolute Gasteiger partial charge is 0.370 e. The van der Waals surface area contributed by atoms with E-state index in [2.05, 4.69) is 16.1 Å². The predicted molar refractivity (Wildman–Crippen MR) is 119 cm³/mol. The van der Waals surface area contributed by atoms with Gasteiger partial charge in [-0.15, -0.1) is 0 Å². The van der Waals surface area contributed by atoms with Gasteiger partial charge in [0.05, 0.1) is 17.3 Å². The van der Waals surface area contributed by atoms with Gasteiger partial charge in [-0.05, 0) is 62.1 Å². The summed E-state index contributed by atoms with van der Waals surface area (Å²) < 4.78 is 28.8. The SMILES string of the molecule is N#Cc1ccc(N2CCCN(C(=O)c3nn(-c4ccc(F)c(F)c4)c4c3CCC4)CC2)cc1. The molecule has 0 atom stereocenters. The van der Waals surface area contributed by atoms with Crippen molar-refractivity contribution in [3.8, 4) is 11.8 Å². The molecule has 3 aromatic rings. The first-order valence-electron chi connectivity index (χ1n) is 11.2. The standard InChI is InChI=1S/C25H23F2N5O/c26-21-10-9-19(15-22(21)27)32-23-4-1-3-20(23)24(29-32)25(33)31-12-2-11-30(13-14-31)18-7-5-17(16-28)6-8-18/h5-10,15H,1-4,11-14H2. The maximum absolute atomic E-state index is 13.8. The third-order valence-corrected chi connectivity index (χ3v) is 6.43. The number of hydrogen-bond donors (Lipinski definition) is 0. The van der Waals surface area contributed by atoms with Crippen LogP contribution in [0, 0.1) is 23.0 Å². The van der Waals surface area contributed by atoms with E-state index in [0.29, 0.717) is 36.6 Å². The summed E-state index contributed by atoms with van der Waals surface area (Å²) in [7, 11) is 0. The molecule has 2 heterocycles. The van der Waals surface area contributed by atoms with Crippen LogP contribution in [0.1, 0.15) is 40.2 Å². The van der Waals surface area contributed by atoms with E-state index in [1.165, 1.54) is 6.07 Å². The number of nitrogens with zero attached hydrogens (tertiary/aromatic N) is 5. The summed E-state index contributed by atoms with van der Waals surface area (Å²) in [6.45, 7) is 2.69. The number of halogens is 2. The summed E-state index contributed by atoms with van der Waals surface area (Å²) in [6, 6.07) is 13.3. The lowest BCUT2D eigenvalue weighted by Crippen LogP contribution is -2.36. The summed E-state index contributed by atoms with van der Waals surface area (Å²) in [6.07, 6.45) is 3.23. The molecule has 1 fully saturated rings. The normalized spacial score (nSPS) is 15.8. The third-order valence-electron chi connectivity index (χ3n) is 6.43. The molecule has 1 aromatic heterocycles. The highest BCUT2D eigenvalue weighted by molar-refractivity contribution is 5.94. The molecule has 8 heteroatoms. The Morgan fingerprint density at radius 3 is 2.45 bits per heavy atom. The van der Waals surface area contributed by atoms with E-state index in [4.69, 9.17) is 5.26 Å². The van der Waals surface area contributed by atoms with Gasteiger partial charge in [0.2, 0.25) is 0 Å². The maximum atomic E-state index is 13.8.